The molecule has 4 aromatic rings. The van der Waals surface area contributed by atoms with E-state index < -0.39 is 11.5 Å². The van der Waals surface area contributed by atoms with Crippen LogP contribution in [0.25, 0.3) is 28.0 Å². The normalized spacial score (nSPS) is 14.1. The molecule has 0 bridgehead atoms. The number of piperidine rings is 1. The Hall–Kier alpha value is -3.84. The summed E-state index contributed by atoms with van der Waals surface area (Å²) in [6.07, 6.45) is 4.03. The largest absolute Gasteiger partial charge is 0.354 e. The molecule has 3 heterocycles. The molecule has 1 aliphatic heterocycles. The summed E-state index contributed by atoms with van der Waals surface area (Å²) in [5.41, 5.74) is 3.85. The van der Waals surface area contributed by atoms with Gasteiger partial charge in [0.15, 0.2) is 5.65 Å². The molecule has 2 aromatic carbocycles. The van der Waals surface area contributed by atoms with Crippen LogP contribution < -0.4 is 5.69 Å². The van der Waals surface area contributed by atoms with E-state index in [-0.39, 0.29) is 28.1 Å². The van der Waals surface area contributed by atoms with Crippen LogP contribution in [0.3, 0.4) is 0 Å². The highest BCUT2D eigenvalue weighted by Gasteiger charge is 2.28. The summed E-state index contributed by atoms with van der Waals surface area (Å²) in [5, 5.41) is 0.931. The molecule has 2 aromatic heterocycles. The summed E-state index contributed by atoms with van der Waals surface area (Å²) in [4.78, 5) is 37.2. The Morgan fingerprint density at radius 1 is 1.08 bits per heavy atom. The van der Waals surface area contributed by atoms with Crippen molar-refractivity contribution in [1.29, 1.82) is 0 Å². The third kappa shape index (κ3) is 4.87. The lowest BCUT2D eigenvalue weighted by Gasteiger charge is -2.31. The molecule has 0 radical (unpaired) electrons. The van der Waals surface area contributed by atoms with Crippen molar-refractivity contribution in [3.63, 3.8) is 0 Å². The minimum Gasteiger partial charge on any atom is -0.339 e. The first-order valence-corrected chi connectivity index (χ1v) is 13.7. The number of amides is 1. The van der Waals surface area contributed by atoms with E-state index in [9.17, 15) is 14.0 Å². The number of hydrogen-bond donors (Lipinski definition) is 0. The van der Waals surface area contributed by atoms with Gasteiger partial charge in [-0.15, -0.1) is 0 Å². The second kappa shape index (κ2) is 11.1. The summed E-state index contributed by atoms with van der Waals surface area (Å²) < 4.78 is 16.4. The van der Waals surface area contributed by atoms with Gasteiger partial charge in [0.05, 0.1) is 22.1 Å². The molecule has 0 saturated carbocycles. The maximum absolute atomic E-state index is 14.9. The van der Waals surface area contributed by atoms with Crippen LogP contribution in [0, 0.1) is 5.82 Å². The van der Waals surface area contributed by atoms with Crippen LogP contribution in [-0.4, -0.2) is 38.4 Å². The molecule has 0 N–H and O–H groups in total. The second-order valence-corrected chi connectivity index (χ2v) is 10.1. The van der Waals surface area contributed by atoms with Crippen molar-refractivity contribution >= 4 is 28.5 Å². The number of pyridine rings is 1. The molecule has 1 fully saturated rings. The van der Waals surface area contributed by atoms with Crippen molar-refractivity contribution < 1.29 is 9.18 Å². The minimum absolute atomic E-state index is 0.0621. The first-order valence-electron chi connectivity index (χ1n) is 13.3. The summed E-state index contributed by atoms with van der Waals surface area (Å²) in [5.74, 6) is -0.617. The Kier molecular flexibility index (Phi) is 7.62. The first kappa shape index (κ1) is 26.8. The topological polar surface area (TPSA) is 68.1 Å². The lowest BCUT2D eigenvalue weighted by atomic mass is 9.91. The Morgan fingerprint density at radius 3 is 2.36 bits per heavy atom. The molecule has 0 unspecified atom stereocenters. The van der Waals surface area contributed by atoms with Gasteiger partial charge in [-0.1, -0.05) is 62.4 Å². The standard InChI is InChI=1S/C31H30ClFN4O2/c1-4-19-10-9-11-20(5-2)29(19)37-30-23(18-24(32)28(34-30)22-12-7-8-13-25(22)33)27(35-31(37)39)21-14-16-36(17-15-21)26(38)6-3/h6-13,18,21H,3-5,14-17H2,1-2H3. The van der Waals surface area contributed by atoms with Crippen molar-refractivity contribution in [2.75, 3.05) is 13.1 Å². The number of nitrogens with zero attached hydrogens (tertiary/aromatic N) is 4. The van der Waals surface area contributed by atoms with Crippen LogP contribution in [0.2, 0.25) is 5.02 Å². The second-order valence-electron chi connectivity index (χ2n) is 9.72. The van der Waals surface area contributed by atoms with Gasteiger partial charge in [0.1, 0.15) is 5.82 Å². The molecule has 1 aliphatic rings. The molecule has 1 amide bonds. The Labute approximate surface area is 231 Å². The molecule has 1 saturated heterocycles. The average molecular weight is 545 g/mol. The fraction of sp³-hybridized carbons (Fsp3) is 0.290. The summed E-state index contributed by atoms with van der Waals surface area (Å²) in [6, 6.07) is 14.1. The molecule has 39 heavy (non-hydrogen) atoms. The van der Waals surface area contributed by atoms with Crippen molar-refractivity contribution in [2.24, 2.45) is 0 Å². The monoisotopic (exact) mass is 544 g/mol. The van der Waals surface area contributed by atoms with Gasteiger partial charge in [-0.25, -0.2) is 18.7 Å². The summed E-state index contributed by atoms with van der Waals surface area (Å²) >= 11 is 6.75. The van der Waals surface area contributed by atoms with Gasteiger partial charge in [-0.3, -0.25) is 4.79 Å². The van der Waals surface area contributed by atoms with Gasteiger partial charge in [0, 0.05) is 30.0 Å². The van der Waals surface area contributed by atoms with Crippen LogP contribution in [0.5, 0.6) is 0 Å². The average Bonchev–Trinajstić information content (AvgIpc) is 2.96. The van der Waals surface area contributed by atoms with Crippen molar-refractivity contribution in [3.05, 3.63) is 99.3 Å². The number of carbonyl (C=O) groups excluding carboxylic acids is 1. The number of aryl methyl sites for hydroxylation is 2. The van der Waals surface area contributed by atoms with E-state index in [0.717, 1.165) is 16.8 Å². The maximum atomic E-state index is 14.9. The first-order chi connectivity index (χ1) is 18.9. The Bertz CT molecular complexity index is 1620. The molecule has 6 nitrogen and oxygen atoms in total. The van der Waals surface area contributed by atoms with Gasteiger partial charge in [0.2, 0.25) is 5.91 Å². The number of fused-ring (bicyclic) bond motifs is 1. The number of halogens is 2. The zero-order valence-electron chi connectivity index (χ0n) is 22.1. The highest BCUT2D eigenvalue weighted by molar-refractivity contribution is 6.33. The molecule has 8 heteroatoms. The Balaban J connectivity index is 1.79. The minimum atomic E-state index is -0.447. The highest BCUT2D eigenvalue weighted by Crippen LogP contribution is 2.37. The van der Waals surface area contributed by atoms with Crippen molar-refractivity contribution in [1.82, 2.24) is 19.4 Å². The third-order valence-electron chi connectivity index (χ3n) is 7.54. The van der Waals surface area contributed by atoms with Crippen LogP contribution >= 0.6 is 11.6 Å². The number of hydrogen-bond acceptors (Lipinski definition) is 4. The molecule has 5 rings (SSSR count). The lowest BCUT2D eigenvalue weighted by molar-refractivity contribution is -0.127. The van der Waals surface area contributed by atoms with Crippen molar-refractivity contribution in [2.45, 2.75) is 45.4 Å². The SMILES string of the molecule is C=CC(=O)N1CCC(c2nc(=O)n(-c3c(CC)cccc3CC)c3nc(-c4ccccc4F)c(Cl)cc23)CC1. The van der Waals surface area contributed by atoms with Crippen LogP contribution in [0.1, 0.15) is 49.4 Å². The molecular weight excluding hydrogens is 515 g/mol. The predicted octanol–water partition coefficient (Wildman–Crippen LogP) is 6.26. The van der Waals surface area contributed by atoms with Gasteiger partial charge >= 0.3 is 5.69 Å². The van der Waals surface area contributed by atoms with Crippen LogP contribution in [-0.2, 0) is 17.6 Å². The summed E-state index contributed by atoms with van der Waals surface area (Å²) in [7, 11) is 0. The highest BCUT2D eigenvalue weighted by atomic mass is 35.5. The molecule has 0 spiro atoms. The quantitative estimate of drug-likeness (QED) is 0.269. The van der Waals surface area contributed by atoms with Gasteiger partial charge in [-0.05, 0) is 61.1 Å². The number of para-hydroxylation sites is 1. The maximum Gasteiger partial charge on any atom is 0.354 e. The number of rotatable bonds is 6. The van der Waals surface area contributed by atoms with E-state index >= 15 is 0 Å². The van der Waals surface area contributed by atoms with E-state index in [0.29, 0.717) is 55.5 Å². The number of carbonyl (C=O) groups is 1. The van der Waals surface area contributed by atoms with Crippen LogP contribution in [0.15, 0.2) is 66.0 Å². The molecular formula is C31H30ClFN4O2. The van der Waals surface area contributed by atoms with E-state index in [4.69, 9.17) is 16.6 Å². The fourth-order valence-corrected chi connectivity index (χ4v) is 5.75. The number of likely N-dealkylation sites (tertiary alicyclic amines) is 1. The van der Waals surface area contributed by atoms with Crippen molar-refractivity contribution in [3.8, 4) is 16.9 Å². The van der Waals surface area contributed by atoms with E-state index in [1.54, 1.807) is 33.7 Å². The lowest BCUT2D eigenvalue weighted by Crippen LogP contribution is -2.37. The smallest absolute Gasteiger partial charge is 0.339 e. The van der Waals surface area contributed by atoms with E-state index in [2.05, 4.69) is 11.6 Å². The Morgan fingerprint density at radius 2 is 1.74 bits per heavy atom. The number of aromatic nitrogens is 3. The van der Waals surface area contributed by atoms with Gasteiger partial charge in [-0.2, -0.15) is 4.98 Å². The third-order valence-corrected chi connectivity index (χ3v) is 7.82. The van der Waals surface area contributed by atoms with Gasteiger partial charge < -0.3 is 4.90 Å². The predicted molar refractivity (Wildman–Crippen MR) is 153 cm³/mol. The molecule has 0 atom stereocenters. The fourth-order valence-electron chi connectivity index (χ4n) is 5.50. The molecule has 0 aliphatic carbocycles. The van der Waals surface area contributed by atoms with E-state index in [1.165, 1.54) is 12.1 Å². The van der Waals surface area contributed by atoms with Crippen LogP contribution in [0.4, 0.5) is 4.39 Å². The van der Waals surface area contributed by atoms with Gasteiger partial charge in [0.25, 0.3) is 0 Å². The number of benzene rings is 2. The zero-order valence-corrected chi connectivity index (χ0v) is 22.8. The zero-order chi connectivity index (χ0) is 27.7. The van der Waals surface area contributed by atoms with E-state index in [1.807, 2.05) is 32.0 Å². The molecule has 200 valence electrons. The summed E-state index contributed by atoms with van der Waals surface area (Å²) in [6.45, 7) is 8.74.